The van der Waals surface area contributed by atoms with Gasteiger partial charge in [-0.15, -0.1) is 0 Å². The maximum absolute atomic E-state index is 13.6. The highest BCUT2D eigenvalue weighted by Crippen LogP contribution is 2.12. The molecule has 0 aliphatic carbocycles. The molecule has 0 aromatic heterocycles. The van der Waals surface area contributed by atoms with E-state index in [4.69, 9.17) is 10.5 Å². The number of amides is 2. The molecule has 252 valence electrons. The Morgan fingerprint density at radius 1 is 0.830 bits per heavy atom. The maximum atomic E-state index is 13.6. The van der Waals surface area contributed by atoms with Crippen LogP contribution in [0.25, 0.3) is 0 Å². The Morgan fingerprint density at radius 3 is 2.00 bits per heavy atom. The first-order chi connectivity index (χ1) is 22.2. The second-order valence-electron chi connectivity index (χ2n) is 11.9. The zero-order valence-corrected chi connectivity index (χ0v) is 27.9. The third kappa shape index (κ3) is 13.7. The highest BCUT2D eigenvalue weighted by atomic mass is 32.2. The van der Waals surface area contributed by atoms with Gasteiger partial charge in [0.25, 0.3) is 0 Å². The number of hydrogen-bond acceptors (Lipinski definition) is 8. The van der Waals surface area contributed by atoms with E-state index in [9.17, 15) is 22.8 Å². The highest BCUT2D eigenvalue weighted by Gasteiger charge is 2.30. The number of aryl methyl sites for hydroxylation is 1. The molecule has 0 aliphatic rings. The average Bonchev–Trinajstić information content (AvgIpc) is 3.03. The zero-order chi connectivity index (χ0) is 34.5. The van der Waals surface area contributed by atoms with E-state index in [2.05, 4.69) is 25.3 Å². The molecule has 0 fully saturated rings. The van der Waals surface area contributed by atoms with Crippen LogP contribution < -0.4 is 21.1 Å². The van der Waals surface area contributed by atoms with Crippen molar-refractivity contribution in [3.8, 4) is 0 Å². The molecule has 0 heterocycles. The van der Waals surface area contributed by atoms with E-state index in [0.717, 1.165) is 11.1 Å². The Kier molecular flexibility index (Phi) is 13.6. The Balaban J connectivity index is 1.75. The van der Waals surface area contributed by atoms with Crippen molar-refractivity contribution < 1.29 is 32.4 Å². The number of carbonyl (C=O) groups is 3. The largest absolute Gasteiger partial charge is 0.380 e. The quantitative estimate of drug-likeness (QED) is 0.0781. The summed E-state index contributed by atoms with van der Waals surface area (Å²) in [6.45, 7) is 6.49. The van der Waals surface area contributed by atoms with Crippen molar-refractivity contribution in [3.63, 3.8) is 0 Å². The normalized spacial score (nSPS) is 13.3. The lowest BCUT2D eigenvalue weighted by Crippen LogP contribution is -2.55. The third-order valence-corrected chi connectivity index (χ3v) is 8.06. The fourth-order valence-electron chi connectivity index (χ4n) is 4.32. The fourth-order valence-corrected chi connectivity index (χ4v) is 5.64. The molecular formula is C34H43N5O7S. The Hall–Kier alpha value is -4.59. The monoisotopic (exact) mass is 665 g/mol. The average molecular weight is 666 g/mol. The molecule has 13 heteroatoms. The molecule has 0 saturated heterocycles. The topological polar surface area (TPSA) is 178 Å². The van der Waals surface area contributed by atoms with Crippen molar-refractivity contribution in [2.45, 2.75) is 70.5 Å². The predicted molar refractivity (Wildman–Crippen MR) is 179 cm³/mol. The van der Waals surface area contributed by atoms with Gasteiger partial charge in [0.2, 0.25) is 21.8 Å². The van der Waals surface area contributed by atoms with Crippen LogP contribution in [0.1, 0.15) is 56.4 Å². The van der Waals surface area contributed by atoms with Crippen molar-refractivity contribution in [1.82, 2.24) is 15.4 Å². The van der Waals surface area contributed by atoms with Crippen LogP contribution in [0, 0.1) is 0 Å². The number of rotatable bonds is 16. The van der Waals surface area contributed by atoms with Crippen LogP contribution in [0.3, 0.4) is 0 Å². The number of benzene rings is 3. The smallest absolute Gasteiger partial charge is 0.332 e. The van der Waals surface area contributed by atoms with Gasteiger partial charge >= 0.3 is 5.97 Å². The molecule has 3 rings (SSSR count). The Morgan fingerprint density at radius 2 is 1.43 bits per heavy atom. The van der Waals surface area contributed by atoms with Gasteiger partial charge in [-0.05, 0) is 50.3 Å². The van der Waals surface area contributed by atoms with E-state index in [1.807, 2.05) is 30.3 Å². The molecule has 3 aromatic rings. The van der Waals surface area contributed by atoms with Gasteiger partial charge in [-0.25, -0.2) is 17.9 Å². The molecule has 47 heavy (non-hydrogen) atoms. The van der Waals surface area contributed by atoms with Crippen LogP contribution in [0.4, 0.5) is 0 Å². The van der Waals surface area contributed by atoms with E-state index in [1.54, 1.807) is 75.4 Å². The molecule has 2 amide bonds. The number of amidine groups is 1. The second-order valence-corrected chi connectivity index (χ2v) is 13.7. The zero-order valence-electron chi connectivity index (χ0n) is 27.1. The fraction of sp³-hybridized carbons (Fsp3) is 0.353. The molecule has 0 spiro atoms. The number of oxime groups is 1. The minimum absolute atomic E-state index is 0.0175. The van der Waals surface area contributed by atoms with Gasteiger partial charge in [0, 0.05) is 19.0 Å². The molecule has 0 aliphatic heterocycles. The van der Waals surface area contributed by atoms with Crippen LogP contribution in [-0.4, -0.2) is 56.3 Å². The summed E-state index contributed by atoms with van der Waals surface area (Å²) < 4.78 is 34.5. The van der Waals surface area contributed by atoms with Gasteiger partial charge < -0.3 is 25.9 Å². The summed E-state index contributed by atoms with van der Waals surface area (Å²) in [4.78, 5) is 42.7. The van der Waals surface area contributed by atoms with Crippen LogP contribution in [-0.2, 0) is 52.7 Å². The summed E-state index contributed by atoms with van der Waals surface area (Å²) in [5, 5.41) is 9.17. The molecule has 0 radical (unpaired) electrons. The first-order valence-electron chi connectivity index (χ1n) is 15.1. The standard InChI is InChI=1S/C34H43N5O7S/c1-24(40)46-38-31(35)28-18-15-26(16-19-28)21-36-32(41)29(20-17-25-11-7-5-8-12-25)37-33(42)30(22-45-34(2,3)4)39-47(43,44)23-27-13-9-6-10-14-27/h5-16,18-19,29-30,39H,17,20-23H2,1-4H3,(H2,35,38)(H,36,41)(H,37,42)/t29-,30?/m0/s1. The van der Waals surface area contributed by atoms with E-state index in [0.29, 0.717) is 17.5 Å². The summed E-state index contributed by atoms with van der Waals surface area (Å²) in [6, 6.07) is 22.6. The van der Waals surface area contributed by atoms with E-state index in [-0.39, 0.29) is 31.2 Å². The number of sulfonamides is 1. The van der Waals surface area contributed by atoms with Crippen molar-refractivity contribution >= 4 is 33.6 Å². The molecule has 1 unspecified atom stereocenters. The summed E-state index contributed by atoms with van der Waals surface area (Å²) in [5.41, 5.74) is 7.98. The number of nitrogens with one attached hydrogen (secondary N) is 3. The van der Waals surface area contributed by atoms with Crippen LogP contribution in [0.15, 0.2) is 90.1 Å². The Labute approximate surface area is 276 Å². The molecule has 0 saturated carbocycles. The van der Waals surface area contributed by atoms with E-state index in [1.165, 1.54) is 6.92 Å². The summed E-state index contributed by atoms with van der Waals surface area (Å²) in [7, 11) is -3.96. The summed E-state index contributed by atoms with van der Waals surface area (Å²) >= 11 is 0. The first-order valence-corrected chi connectivity index (χ1v) is 16.8. The highest BCUT2D eigenvalue weighted by molar-refractivity contribution is 7.88. The molecule has 2 atom stereocenters. The number of hydrogen-bond donors (Lipinski definition) is 4. The predicted octanol–water partition coefficient (Wildman–Crippen LogP) is 2.91. The van der Waals surface area contributed by atoms with Gasteiger partial charge in [-0.2, -0.15) is 0 Å². The number of nitrogens with zero attached hydrogens (tertiary/aromatic N) is 1. The van der Waals surface area contributed by atoms with Crippen LogP contribution in [0.5, 0.6) is 0 Å². The van der Waals surface area contributed by atoms with Crippen molar-refractivity contribution in [2.24, 2.45) is 10.9 Å². The van der Waals surface area contributed by atoms with Crippen molar-refractivity contribution in [3.05, 3.63) is 107 Å². The van der Waals surface area contributed by atoms with Gasteiger partial charge in [0.05, 0.1) is 18.0 Å². The minimum atomic E-state index is -3.96. The van der Waals surface area contributed by atoms with Gasteiger partial charge in [-0.3, -0.25) is 9.59 Å². The number of nitrogens with two attached hydrogens (primary N) is 1. The van der Waals surface area contributed by atoms with Gasteiger partial charge in [0.15, 0.2) is 5.84 Å². The maximum Gasteiger partial charge on any atom is 0.332 e. The molecular weight excluding hydrogens is 622 g/mol. The van der Waals surface area contributed by atoms with Crippen LogP contribution in [0.2, 0.25) is 0 Å². The van der Waals surface area contributed by atoms with Gasteiger partial charge in [0.1, 0.15) is 12.1 Å². The summed E-state index contributed by atoms with van der Waals surface area (Å²) in [5.74, 6) is -2.05. The lowest BCUT2D eigenvalue weighted by atomic mass is 10.0. The van der Waals surface area contributed by atoms with Crippen molar-refractivity contribution in [2.75, 3.05) is 6.61 Å². The SMILES string of the molecule is CC(=O)O/N=C(\N)c1ccc(CNC(=O)[C@H](CCc2ccccc2)NC(=O)C(COC(C)(C)C)NS(=O)(=O)Cc2ccccc2)cc1. The summed E-state index contributed by atoms with van der Waals surface area (Å²) in [6.07, 6.45) is 0.741. The Bertz CT molecular complexity index is 1610. The lowest BCUT2D eigenvalue weighted by molar-refractivity contribution is -0.141. The van der Waals surface area contributed by atoms with Crippen molar-refractivity contribution in [1.29, 1.82) is 0 Å². The molecule has 0 bridgehead atoms. The third-order valence-electron chi connectivity index (χ3n) is 6.71. The second kappa shape index (κ2) is 17.4. The molecule has 3 aromatic carbocycles. The molecule has 5 N–H and O–H groups in total. The van der Waals surface area contributed by atoms with Gasteiger partial charge in [-0.1, -0.05) is 90.1 Å². The number of ether oxygens (including phenoxy) is 1. The minimum Gasteiger partial charge on any atom is -0.380 e. The lowest BCUT2D eigenvalue weighted by Gasteiger charge is -2.26. The van der Waals surface area contributed by atoms with E-state index >= 15 is 0 Å². The first kappa shape index (κ1) is 36.9. The molecule has 12 nitrogen and oxygen atoms in total. The van der Waals surface area contributed by atoms with E-state index < -0.39 is 45.5 Å². The number of carbonyl (C=O) groups excluding carboxylic acids is 3. The van der Waals surface area contributed by atoms with Crippen LogP contribution >= 0.6 is 0 Å².